The van der Waals surface area contributed by atoms with E-state index in [1.54, 1.807) is 0 Å². The standard InChI is InChI=1S/C8H17.CH3.U/c1-5-8(4)6-7(2)3;;/h7-8H,1,5-6H2,2-4H3;1H3;/q2*-1;+2. The molecule has 0 aliphatic carbocycles. The molecule has 0 radical (unpaired) electrons. The summed E-state index contributed by atoms with van der Waals surface area (Å²) in [4.78, 5) is 0. The second kappa shape index (κ2) is 10.1. The van der Waals surface area contributed by atoms with Crippen molar-refractivity contribution in [2.45, 2.75) is 33.6 Å². The van der Waals surface area contributed by atoms with Gasteiger partial charge in [0.2, 0.25) is 0 Å². The molecule has 10 heavy (non-hydrogen) atoms. The topological polar surface area (TPSA) is 0 Å². The van der Waals surface area contributed by atoms with Gasteiger partial charge in [0.25, 0.3) is 0 Å². The fourth-order valence-electron chi connectivity index (χ4n) is 0.923. The fraction of sp³-hybridized carbons (Fsp3) is 0.778. The quantitative estimate of drug-likeness (QED) is 0.672. The molecule has 0 bridgehead atoms. The second-order valence-corrected chi connectivity index (χ2v) is 3.02. The van der Waals surface area contributed by atoms with Gasteiger partial charge in [-0.1, -0.05) is 33.1 Å². The molecule has 0 aromatic rings. The van der Waals surface area contributed by atoms with Gasteiger partial charge >= 0.3 is 31.1 Å². The van der Waals surface area contributed by atoms with Crippen LogP contribution in [0.3, 0.4) is 0 Å². The minimum absolute atomic E-state index is 0. The molecule has 0 saturated carbocycles. The maximum absolute atomic E-state index is 3.84. The Labute approximate surface area is 90.5 Å². The van der Waals surface area contributed by atoms with Crippen LogP contribution in [0.5, 0.6) is 0 Å². The van der Waals surface area contributed by atoms with Crippen LogP contribution >= 0.6 is 0 Å². The Morgan fingerprint density at radius 2 is 1.60 bits per heavy atom. The predicted molar refractivity (Wildman–Crippen MR) is 45.0 cm³/mol. The Bertz CT molecular complexity index is 50.7. The molecular formula is C9H20U. The van der Waals surface area contributed by atoms with E-state index in [9.17, 15) is 0 Å². The summed E-state index contributed by atoms with van der Waals surface area (Å²) in [5.74, 6) is 1.65. The normalized spacial score (nSPS) is 11.7. The van der Waals surface area contributed by atoms with E-state index >= 15 is 0 Å². The molecule has 1 heteroatoms. The summed E-state index contributed by atoms with van der Waals surface area (Å²) < 4.78 is 0. The first-order valence-corrected chi connectivity index (χ1v) is 3.46. The number of hydrogen-bond acceptors (Lipinski definition) is 0. The van der Waals surface area contributed by atoms with E-state index in [1.165, 1.54) is 6.42 Å². The predicted octanol–water partition coefficient (Wildman–Crippen LogP) is 3.34. The molecule has 0 rings (SSSR count). The summed E-state index contributed by atoms with van der Waals surface area (Å²) in [6, 6.07) is 0. The van der Waals surface area contributed by atoms with Crippen LogP contribution < -0.4 is 0 Å². The van der Waals surface area contributed by atoms with Gasteiger partial charge in [-0.2, -0.15) is 6.42 Å². The molecule has 0 N–H and O–H groups in total. The second-order valence-electron chi connectivity index (χ2n) is 3.02. The summed E-state index contributed by atoms with van der Waals surface area (Å²) >= 11 is 0. The maximum Gasteiger partial charge on any atom is 2.00 e. The van der Waals surface area contributed by atoms with Gasteiger partial charge in [-0.05, 0) is 5.92 Å². The van der Waals surface area contributed by atoms with Gasteiger partial charge in [0.15, 0.2) is 0 Å². The van der Waals surface area contributed by atoms with Gasteiger partial charge < -0.3 is 14.4 Å². The van der Waals surface area contributed by atoms with Gasteiger partial charge in [0, 0.05) is 0 Å². The van der Waals surface area contributed by atoms with Crippen LogP contribution in [0.2, 0.25) is 0 Å². The molecule has 0 spiro atoms. The van der Waals surface area contributed by atoms with Crippen molar-refractivity contribution < 1.29 is 31.1 Å². The van der Waals surface area contributed by atoms with Crippen molar-refractivity contribution in [1.82, 2.24) is 0 Å². The van der Waals surface area contributed by atoms with Gasteiger partial charge in [-0.3, -0.25) is 0 Å². The van der Waals surface area contributed by atoms with Gasteiger partial charge in [0.05, 0.1) is 0 Å². The Balaban J connectivity index is -0.000000245. The molecule has 1 unspecified atom stereocenters. The van der Waals surface area contributed by atoms with Crippen molar-refractivity contribution in [2.24, 2.45) is 11.8 Å². The first kappa shape index (κ1) is 17.2. The van der Waals surface area contributed by atoms with Crippen molar-refractivity contribution in [1.29, 1.82) is 0 Å². The molecule has 0 aliphatic heterocycles. The molecule has 0 amide bonds. The smallest absolute Gasteiger partial charge is 0.358 e. The average Bonchev–Trinajstić information content (AvgIpc) is 1.65. The molecular weight excluding hydrogens is 346 g/mol. The van der Waals surface area contributed by atoms with Crippen LogP contribution in [0.25, 0.3) is 0 Å². The Morgan fingerprint density at radius 3 is 1.70 bits per heavy atom. The zero-order chi connectivity index (χ0) is 6.57. The monoisotopic (exact) mass is 366 g/mol. The number of hydrogen-bond donors (Lipinski definition) is 0. The van der Waals surface area contributed by atoms with Crippen molar-refractivity contribution in [3.63, 3.8) is 0 Å². The third-order valence-corrected chi connectivity index (χ3v) is 1.37. The van der Waals surface area contributed by atoms with Crippen molar-refractivity contribution in [3.8, 4) is 0 Å². The molecule has 1 atom stereocenters. The van der Waals surface area contributed by atoms with Gasteiger partial charge in [-0.25, -0.2) is 0 Å². The fourth-order valence-corrected chi connectivity index (χ4v) is 0.923. The van der Waals surface area contributed by atoms with Crippen LogP contribution in [0.4, 0.5) is 0 Å². The minimum Gasteiger partial charge on any atom is -0.358 e. The van der Waals surface area contributed by atoms with Crippen LogP contribution in [0.15, 0.2) is 0 Å². The zero-order valence-electron chi connectivity index (χ0n) is 7.78. The Kier molecular flexibility index (Phi) is 17.3. The largest absolute Gasteiger partial charge is 2.00 e. The first-order valence-electron chi connectivity index (χ1n) is 3.46. The average molecular weight is 366 g/mol. The third kappa shape index (κ3) is 11.8. The zero-order valence-corrected chi connectivity index (χ0v) is 11.9. The van der Waals surface area contributed by atoms with E-state index < -0.39 is 0 Å². The van der Waals surface area contributed by atoms with E-state index in [4.69, 9.17) is 0 Å². The Morgan fingerprint density at radius 1 is 1.20 bits per heavy atom. The van der Waals surface area contributed by atoms with E-state index in [1.807, 2.05) is 0 Å². The molecule has 0 nitrogen and oxygen atoms in total. The maximum atomic E-state index is 3.84. The van der Waals surface area contributed by atoms with E-state index in [0.29, 0.717) is 0 Å². The van der Waals surface area contributed by atoms with Crippen molar-refractivity contribution in [3.05, 3.63) is 14.4 Å². The van der Waals surface area contributed by atoms with E-state index in [2.05, 4.69) is 27.7 Å². The molecule has 60 valence electrons. The summed E-state index contributed by atoms with van der Waals surface area (Å²) in [6.07, 6.45) is 2.40. The summed E-state index contributed by atoms with van der Waals surface area (Å²) in [5, 5.41) is 0. The molecule has 0 aromatic carbocycles. The van der Waals surface area contributed by atoms with E-state index in [0.717, 1.165) is 18.3 Å². The molecule has 0 heterocycles. The minimum atomic E-state index is 0. The van der Waals surface area contributed by atoms with Crippen LogP contribution in [0.1, 0.15) is 33.6 Å². The van der Waals surface area contributed by atoms with Gasteiger partial charge in [-0.15, -0.1) is 0 Å². The SMILES string of the molecule is [CH2-]CC(C)CC(C)C.[CH3-].[U+2]. The van der Waals surface area contributed by atoms with Crippen LogP contribution in [-0.2, 0) is 0 Å². The summed E-state index contributed by atoms with van der Waals surface area (Å²) in [7, 11) is 0. The van der Waals surface area contributed by atoms with Gasteiger partial charge in [0.1, 0.15) is 0 Å². The molecule has 0 aromatic heterocycles. The Hall–Kier alpha value is 1.05. The summed E-state index contributed by atoms with van der Waals surface area (Å²) in [5.41, 5.74) is 0. The van der Waals surface area contributed by atoms with Crippen molar-refractivity contribution >= 4 is 0 Å². The van der Waals surface area contributed by atoms with Crippen LogP contribution in [0, 0.1) is 57.3 Å². The molecule has 0 fully saturated rings. The van der Waals surface area contributed by atoms with Crippen molar-refractivity contribution in [2.75, 3.05) is 0 Å². The summed E-state index contributed by atoms with van der Waals surface area (Å²) in [6.45, 7) is 10.6. The number of rotatable bonds is 3. The molecule has 0 saturated heterocycles. The molecule has 0 aliphatic rings. The van der Waals surface area contributed by atoms with Crippen LogP contribution in [-0.4, -0.2) is 0 Å². The first-order chi connectivity index (χ1) is 3.66. The van der Waals surface area contributed by atoms with E-state index in [-0.39, 0.29) is 38.5 Å². The third-order valence-electron chi connectivity index (χ3n) is 1.37.